The number of benzene rings is 2. The van der Waals surface area contributed by atoms with Crippen molar-refractivity contribution in [2.75, 3.05) is 6.61 Å². The molecule has 2 N–H and O–H groups in total. The molecule has 0 bridgehead atoms. The number of aryl methyl sites for hydroxylation is 1. The number of hydrogen-bond donors (Lipinski definition) is 2. The largest absolute Gasteiger partial charge is 0.507 e. The molecule has 0 aliphatic rings. The predicted octanol–water partition coefficient (Wildman–Crippen LogP) is 0.989. The van der Waals surface area contributed by atoms with Crippen molar-refractivity contribution in [3.8, 4) is 5.75 Å². The van der Waals surface area contributed by atoms with Crippen LogP contribution in [0.3, 0.4) is 0 Å². The van der Waals surface area contributed by atoms with E-state index in [9.17, 15) is 14.7 Å². The van der Waals surface area contributed by atoms with Gasteiger partial charge in [0.2, 0.25) is 0 Å². The first-order valence-corrected chi connectivity index (χ1v) is 7.78. The van der Waals surface area contributed by atoms with Crippen LogP contribution >= 0.6 is 0 Å². The second-order valence-electron chi connectivity index (χ2n) is 5.40. The molecule has 8 nitrogen and oxygen atoms in total. The number of aromatic nitrogens is 2. The second kappa shape index (κ2) is 7.47. The number of carbonyl (C=O) groups excluding carboxylic acids is 1. The maximum atomic E-state index is 12.4. The topological polar surface area (TPSA) is 106 Å². The van der Waals surface area contributed by atoms with E-state index in [1.807, 2.05) is 0 Å². The summed E-state index contributed by atoms with van der Waals surface area (Å²) in [6.07, 6.45) is 1.31. The Hall–Kier alpha value is -3.68. The van der Waals surface area contributed by atoms with Gasteiger partial charge in [0.05, 0.1) is 17.1 Å². The third-order valence-electron chi connectivity index (χ3n) is 3.55. The van der Waals surface area contributed by atoms with Crippen LogP contribution in [0.1, 0.15) is 11.4 Å². The first-order valence-electron chi connectivity index (χ1n) is 7.78. The first-order chi connectivity index (χ1) is 12.6. The highest BCUT2D eigenvalue weighted by Crippen LogP contribution is 2.12. The van der Waals surface area contributed by atoms with Crippen molar-refractivity contribution in [2.45, 2.75) is 6.92 Å². The van der Waals surface area contributed by atoms with Gasteiger partial charge in [0.1, 0.15) is 11.6 Å². The Labute approximate surface area is 148 Å². The molecule has 0 saturated heterocycles. The predicted molar refractivity (Wildman–Crippen MR) is 96.0 cm³/mol. The lowest BCUT2D eigenvalue weighted by atomic mass is 10.2. The normalized spacial score (nSPS) is 11.0. The van der Waals surface area contributed by atoms with Gasteiger partial charge < -0.3 is 9.94 Å². The number of carbonyl (C=O) groups is 1. The van der Waals surface area contributed by atoms with Crippen molar-refractivity contribution >= 4 is 23.0 Å². The van der Waals surface area contributed by atoms with E-state index >= 15 is 0 Å². The van der Waals surface area contributed by atoms with E-state index in [-0.39, 0.29) is 5.75 Å². The molecule has 0 fully saturated rings. The second-order valence-corrected chi connectivity index (χ2v) is 5.40. The molecule has 0 atom stereocenters. The van der Waals surface area contributed by atoms with Crippen molar-refractivity contribution in [1.82, 2.24) is 15.1 Å². The third kappa shape index (κ3) is 3.69. The van der Waals surface area contributed by atoms with Crippen LogP contribution in [-0.4, -0.2) is 33.5 Å². The number of nitrogens with zero attached hydrogens (tertiary/aromatic N) is 3. The maximum absolute atomic E-state index is 12.4. The highest BCUT2D eigenvalue weighted by Gasteiger charge is 2.10. The molecule has 132 valence electrons. The van der Waals surface area contributed by atoms with Gasteiger partial charge in [-0.3, -0.25) is 9.59 Å². The van der Waals surface area contributed by atoms with Crippen LogP contribution in [-0.2, 0) is 4.79 Å². The van der Waals surface area contributed by atoms with E-state index in [1.165, 1.54) is 12.3 Å². The Morgan fingerprint density at radius 2 is 2.00 bits per heavy atom. The van der Waals surface area contributed by atoms with E-state index in [0.29, 0.717) is 22.3 Å². The Morgan fingerprint density at radius 1 is 1.27 bits per heavy atom. The molecule has 1 amide bonds. The summed E-state index contributed by atoms with van der Waals surface area (Å²) < 4.78 is 0.981. The summed E-state index contributed by atoms with van der Waals surface area (Å²) >= 11 is 0. The highest BCUT2D eigenvalue weighted by atomic mass is 16.7. The zero-order valence-electron chi connectivity index (χ0n) is 13.9. The number of rotatable bonds is 5. The number of nitrogens with one attached hydrogen (secondary N) is 1. The average Bonchev–Trinajstić information content (AvgIpc) is 2.63. The van der Waals surface area contributed by atoms with Gasteiger partial charge in [-0.25, -0.2) is 10.4 Å². The first kappa shape index (κ1) is 17.2. The molecule has 3 aromatic rings. The van der Waals surface area contributed by atoms with E-state index in [2.05, 4.69) is 15.5 Å². The lowest BCUT2D eigenvalue weighted by Gasteiger charge is -2.11. The standard InChI is InChI=1S/C18H16N4O4/c1-12-20-15-8-4-3-7-14(15)18(25)22(12)26-11-17(24)21-19-10-13-6-2-5-9-16(13)23/h2-10,23H,11H2,1H3,(H,21,24). The molecule has 1 heterocycles. The Kier molecular flexibility index (Phi) is 4.93. The van der Waals surface area contributed by atoms with Gasteiger partial charge in [0, 0.05) is 5.56 Å². The summed E-state index contributed by atoms with van der Waals surface area (Å²) in [6.45, 7) is 1.20. The van der Waals surface area contributed by atoms with Crippen LogP contribution in [0.5, 0.6) is 5.75 Å². The van der Waals surface area contributed by atoms with Gasteiger partial charge in [-0.15, -0.1) is 4.73 Å². The van der Waals surface area contributed by atoms with E-state index in [0.717, 1.165) is 4.73 Å². The molecule has 0 aliphatic heterocycles. The van der Waals surface area contributed by atoms with Crippen molar-refractivity contribution in [3.05, 3.63) is 70.3 Å². The molecule has 8 heteroatoms. The number of phenols is 1. The van der Waals surface area contributed by atoms with Gasteiger partial charge in [-0.05, 0) is 31.2 Å². The summed E-state index contributed by atoms with van der Waals surface area (Å²) in [5.74, 6) is -0.179. The van der Waals surface area contributed by atoms with Crippen LogP contribution in [0.2, 0.25) is 0 Å². The fourth-order valence-electron chi connectivity index (χ4n) is 2.31. The van der Waals surface area contributed by atoms with Crippen LogP contribution in [0.15, 0.2) is 58.4 Å². The number of aromatic hydroxyl groups is 1. The zero-order valence-corrected chi connectivity index (χ0v) is 13.9. The van der Waals surface area contributed by atoms with Crippen molar-refractivity contribution in [2.24, 2.45) is 5.10 Å². The zero-order chi connectivity index (χ0) is 18.5. The molecular formula is C18H16N4O4. The van der Waals surface area contributed by atoms with Gasteiger partial charge >= 0.3 is 0 Å². The molecule has 0 unspecified atom stereocenters. The van der Waals surface area contributed by atoms with Gasteiger partial charge in [0.25, 0.3) is 11.5 Å². The van der Waals surface area contributed by atoms with Gasteiger partial charge in [0.15, 0.2) is 6.61 Å². The molecular weight excluding hydrogens is 336 g/mol. The smallest absolute Gasteiger partial charge is 0.294 e. The SMILES string of the molecule is Cc1nc2ccccc2c(=O)n1OCC(=O)NN=Cc1ccccc1O. The van der Waals surface area contributed by atoms with Crippen LogP contribution in [0.25, 0.3) is 10.9 Å². The minimum Gasteiger partial charge on any atom is -0.507 e. The highest BCUT2D eigenvalue weighted by molar-refractivity contribution is 5.85. The maximum Gasteiger partial charge on any atom is 0.294 e. The molecule has 1 aromatic heterocycles. The average molecular weight is 352 g/mol. The molecule has 0 radical (unpaired) electrons. The number of hydrogen-bond acceptors (Lipinski definition) is 6. The van der Waals surface area contributed by atoms with Gasteiger partial charge in [-0.2, -0.15) is 5.10 Å². The van der Waals surface area contributed by atoms with Crippen LogP contribution in [0.4, 0.5) is 0 Å². The fourth-order valence-corrected chi connectivity index (χ4v) is 2.31. The molecule has 0 aliphatic carbocycles. The molecule has 2 aromatic carbocycles. The third-order valence-corrected chi connectivity index (χ3v) is 3.55. The quantitative estimate of drug-likeness (QED) is 0.526. The molecule has 3 rings (SSSR count). The number of phenolic OH excluding ortho intramolecular Hbond substituents is 1. The minimum absolute atomic E-state index is 0.0474. The number of para-hydroxylation sites is 2. The summed E-state index contributed by atoms with van der Waals surface area (Å²) in [7, 11) is 0. The fraction of sp³-hybridized carbons (Fsp3) is 0.111. The van der Waals surface area contributed by atoms with E-state index < -0.39 is 18.1 Å². The Morgan fingerprint density at radius 3 is 2.81 bits per heavy atom. The summed E-state index contributed by atoms with van der Waals surface area (Å²) in [6, 6.07) is 13.4. The minimum atomic E-state index is -0.559. The summed E-state index contributed by atoms with van der Waals surface area (Å²) in [4.78, 5) is 33.8. The number of amides is 1. The Balaban J connectivity index is 1.66. The Bertz CT molecular complexity index is 1040. The summed E-state index contributed by atoms with van der Waals surface area (Å²) in [5, 5.41) is 13.7. The van der Waals surface area contributed by atoms with E-state index in [4.69, 9.17) is 4.84 Å². The van der Waals surface area contributed by atoms with Crippen molar-refractivity contribution in [3.63, 3.8) is 0 Å². The lowest BCUT2D eigenvalue weighted by molar-refractivity contribution is -0.126. The number of hydrazone groups is 1. The number of fused-ring (bicyclic) bond motifs is 1. The monoisotopic (exact) mass is 352 g/mol. The summed E-state index contributed by atoms with van der Waals surface area (Å²) in [5.41, 5.74) is 2.89. The van der Waals surface area contributed by atoms with Crippen LogP contribution in [0, 0.1) is 6.92 Å². The van der Waals surface area contributed by atoms with Crippen LogP contribution < -0.4 is 15.8 Å². The molecule has 26 heavy (non-hydrogen) atoms. The van der Waals surface area contributed by atoms with Crippen molar-refractivity contribution < 1.29 is 14.7 Å². The van der Waals surface area contributed by atoms with Gasteiger partial charge in [-0.1, -0.05) is 24.3 Å². The van der Waals surface area contributed by atoms with E-state index in [1.54, 1.807) is 49.4 Å². The lowest BCUT2D eigenvalue weighted by Crippen LogP contribution is -2.35. The van der Waals surface area contributed by atoms with Crippen molar-refractivity contribution in [1.29, 1.82) is 0 Å². The molecule has 0 spiro atoms. The molecule has 0 saturated carbocycles.